The molecule has 1 aromatic rings. The summed E-state index contributed by atoms with van der Waals surface area (Å²) in [7, 11) is 1.24. The smallest absolute Gasteiger partial charge is 0.497 e. The van der Waals surface area contributed by atoms with Crippen LogP contribution in [0.4, 0.5) is 0 Å². The lowest BCUT2D eigenvalue weighted by Gasteiger charge is -2.02. The summed E-state index contributed by atoms with van der Waals surface area (Å²) >= 11 is 0. The predicted octanol–water partition coefficient (Wildman–Crippen LogP) is 2.11. The monoisotopic (exact) mass is 229 g/mol. The first-order chi connectivity index (χ1) is 7.22. The molecule has 0 bridgehead atoms. The molecule has 0 aliphatic carbocycles. The van der Waals surface area contributed by atoms with Gasteiger partial charge in [0, 0.05) is 12.1 Å². The van der Waals surface area contributed by atoms with E-state index in [-0.39, 0.29) is 0 Å². The van der Waals surface area contributed by atoms with Crippen LogP contribution in [0.25, 0.3) is 0 Å². The summed E-state index contributed by atoms with van der Waals surface area (Å²) in [5.41, 5.74) is 0. The van der Waals surface area contributed by atoms with E-state index in [9.17, 15) is 4.57 Å². The van der Waals surface area contributed by atoms with Gasteiger partial charge in [0.05, 0.1) is 14.2 Å². The molecule has 1 aromatic carbocycles. The first kappa shape index (κ1) is 12.0. The molecular formula is C10H14O4P+. The summed E-state index contributed by atoms with van der Waals surface area (Å²) < 4.78 is 26.8. The van der Waals surface area contributed by atoms with Crippen LogP contribution in [0.5, 0.6) is 11.5 Å². The lowest BCUT2D eigenvalue weighted by atomic mass is 10.3. The van der Waals surface area contributed by atoms with Gasteiger partial charge in [-0.15, -0.1) is 4.52 Å². The zero-order valence-corrected chi connectivity index (χ0v) is 9.91. The Morgan fingerprint density at radius 2 is 2.00 bits per heavy atom. The van der Waals surface area contributed by atoms with Crippen LogP contribution in [0.15, 0.2) is 18.2 Å². The molecule has 4 nitrogen and oxygen atoms in total. The van der Waals surface area contributed by atoms with Gasteiger partial charge in [0.25, 0.3) is 5.30 Å². The van der Waals surface area contributed by atoms with Crippen LogP contribution < -0.4 is 14.8 Å². The Morgan fingerprint density at radius 3 is 2.53 bits per heavy atom. The summed E-state index contributed by atoms with van der Waals surface area (Å²) in [5.74, 6) is 1.18. The third kappa shape index (κ3) is 2.91. The van der Waals surface area contributed by atoms with Gasteiger partial charge in [0.1, 0.15) is 12.4 Å². The quantitative estimate of drug-likeness (QED) is 0.725. The van der Waals surface area contributed by atoms with Gasteiger partial charge in [-0.2, -0.15) is 0 Å². The molecule has 0 heterocycles. The largest absolute Gasteiger partial charge is 0.552 e. The molecule has 15 heavy (non-hydrogen) atoms. The second-order valence-corrected chi connectivity index (χ2v) is 3.97. The van der Waals surface area contributed by atoms with E-state index < -0.39 is 8.03 Å². The summed E-state index contributed by atoms with van der Waals surface area (Å²) in [6.45, 7) is 2.20. The Balaban J connectivity index is 3.02. The first-order valence-electron chi connectivity index (χ1n) is 4.55. The minimum absolute atomic E-state index is 0.407. The zero-order chi connectivity index (χ0) is 11.3. The average molecular weight is 229 g/mol. The highest BCUT2D eigenvalue weighted by atomic mass is 31.1. The van der Waals surface area contributed by atoms with Gasteiger partial charge in [-0.3, -0.25) is 0 Å². The second kappa shape index (κ2) is 5.69. The number of hydrogen-bond acceptors (Lipinski definition) is 4. The highest BCUT2D eigenvalue weighted by molar-refractivity contribution is 7.48. The van der Waals surface area contributed by atoms with Crippen LogP contribution >= 0.6 is 8.03 Å². The highest BCUT2D eigenvalue weighted by Gasteiger charge is 2.27. The van der Waals surface area contributed by atoms with Crippen molar-refractivity contribution in [3.8, 4) is 11.5 Å². The van der Waals surface area contributed by atoms with Crippen molar-refractivity contribution in [2.45, 2.75) is 6.92 Å². The van der Waals surface area contributed by atoms with Gasteiger partial charge in [0.15, 0.2) is 5.75 Å². The van der Waals surface area contributed by atoms with Crippen molar-refractivity contribution in [2.24, 2.45) is 0 Å². The van der Waals surface area contributed by atoms with E-state index >= 15 is 0 Å². The number of hydrogen-bond donors (Lipinski definition) is 0. The average Bonchev–Trinajstić information content (AvgIpc) is 2.28. The van der Waals surface area contributed by atoms with Crippen molar-refractivity contribution in [1.29, 1.82) is 0 Å². The molecule has 1 unspecified atom stereocenters. The molecule has 0 saturated heterocycles. The van der Waals surface area contributed by atoms with Crippen molar-refractivity contribution >= 4 is 13.3 Å². The van der Waals surface area contributed by atoms with Crippen LogP contribution in [0.1, 0.15) is 6.92 Å². The fourth-order valence-electron chi connectivity index (χ4n) is 1.12. The van der Waals surface area contributed by atoms with Crippen molar-refractivity contribution in [1.82, 2.24) is 0 Å². The number of ether oxygens (including phenoxy) is 2. The molecule has 0 fully saturated rings. The number of rotatable bonds is 5. The minimum atomic E-state index is -1.85. The molecule has 5 heteroatoms. The molecule has 0 saturated carbocycles. The van der Waals surface area contributed by atoms with Crippen molar-refractivity contribution in [3.05, 3.63) is 18.2 Å². The third-order valence-corrected chi connectivity index (χ3v) is 3.09. The standard InChI is InChI=1S/C10H14O4P/c1-4-14-15(11)10-6-5-8(12-2)7-9(10)13-3/h5-7H,4H2,1-3H3/q+1. The van der Waals surface area contributed by atoms with E-state index in [2.05, 4.69) is 0 Å². The third-order valence-electron chi connectivity index (χ3n) is 1.83. The Morgan fingerprint density at radius 1 is 1.27 bits per heavy atom. The van der Waals surface area contributed by atoms with Crippen LogP contribution in [0, 0.1) is 0 Å². The van der Waals surface area contributed by atoms with Crippen molar-refractivity contribution in [2.75, 3.05) is 20.8 Å². The summed E-state index contributed by atoms with van der Waals surface area (Å²) in [5, 5.41) is 0.551. The number of benzene rings is 1. The van der Waals surface area contributed by atoms with E-state index in [1.165, 1.54) is 7.11 Å². The summed E-state index contributed by atoms with van der Waals surface area (Å²) in [6, 6.07) is 5.09. The Labute approximate surface area is 90.0 Å². The molecule has 0 radical (unpaired) electrons. The van der Waals surface area contributed by atoms with Gasteiger partial charge in [-0.05, 0) is 17.6 Å². The number of methoxy groups -OCH3 is 2. The maximum absolute atomic E-state index is 11.6. The molecule has 0 N–H and O–H groups in total. The zero-order valence-electron chi connectivity index (χ0n) is 9.02. The van der Waals surface area contributed by atoms with Crippen molar-refractivity contribution < 1.29 is 18.6 Å². The fraction of sp³-hybridized carbons (Fsp3) is 0.400. The van der Waals surface area contributed by atoms with Gasteiger partial charge in [-0.25, -0.2) is 0 Å². The minimum Gasteiger partial charge on any atom is -0.497 e. The molecule has 1 rings (SSSR count). The molecule has 0 spiro atoms. The normalized spacial score (nSPS) is 11.0. The van der Waals surface area contributed by atoms with Crippen LogP contribution in [-0.2, 0) is 9.09 Å². The van der Waals surface area contributed by atoms with Gasteiger partial charge in [-0.1, -0.05) is 0 Å². The van der Waals surface area contributed by atoms with Gasteiger partial charge < -0.3 is 9.47 Å². The van der Waals surface area contributed by atoms with Gasteiger partial charge in [0.2, 0.25) is 0 Å². The topological polar surface area (TPSA) is 44.8 Å². The SMILES string of the molecule is CCO[P+](=O)c1ccc(OC)cc1OC. The molecule has 0 aromatic heterocycles. The molecule has 82 valence electrons. The molecule has 0 amide bonds. The Bertz CT molecular complexity index is 351. The lowest BCUT2D eigenvalue weighted by molar-refractivity contribution is 0.355. The lowest BCUT2D eigenvalue weighted by Crippen LogP contribution is -2.04. The van der Waals surface area contributed by atoms with Crippen molar-refractivity contribution in [3.63, 3.8) is 0 Å². The van der Waals surface area contributed by atoms with E-state index in [0.29, 0.717) is 23.4 Å². The van der Waals surface area contributed by atoms with E-state index in [1.54, 1.807) is 32.2 Å². The molecule has 0 aliphatic heterocycles. The summed E-state index contributed by atoms with van der Waals surface area (Å²) in [4.78, 5) is 0. The van der Waals surface area contributed by atoms with E-state index in [4.69, 9.17) is 14.0 Å². The maximum Gasteiger partial charge on any atom is 0.552 e. The fourth-order valence-corrected chi connectivity index (χ4v) is 2.03. The van der Waals surface area contributed by atoms with E-state index in [1.807, 2.05) is 0 Å². The van der Waals surface area contributed by atoms with Crippen LogP contribution in [-0.4, -0.2) is 20.8 Å². The highest BCUT2D eigenvalue weighted by Crippen LogP contribution is 2.29. The van der Waals surface area contributed by atoms with E-state index in [0.717, 1.165) is 0 Å². The second-order valence-electron chi connectivity index (χ2n) is 2.71. The first-order valence-corrected chi connectivity index (χ1v) is 5.72. The Hall–Kier alpha value is -1.12. The van der Waals surface area contributed by atoms with Crippen LogP contribution in [0.2, 0.25) is 0 Å². The predicted molar refractivity (Wildman–Crippen MR) is 58.4 cm³/mol. The molecular weight excluding hydrogens is 215 g/mol. The van der Waals surface area contributed by atoms with Gasteiger partial charge >= 0.3 is 8.03 Å². The maximum atomic E-state index is 11.6. The molecule has 1 atom stereocenters. The Kier molecular flexibility index (Phi) is 4.53. The van der Waals surface area contributed by atoms with Crippen LogP contribution in [0.3, 0.4) is 0 Å². The summed E-state index contributed by atoms with van der Waals surface area (Å²) in [6.07, 6.45) is 0. The molecule has 0 aliphatic rings.